The number of carbonyl (C=O) groups is 1. The van der Waals surface area contributed by atoms with E-state index in [-0.39, 0.29) is 19.8 Å². The first kappa shape index (κ1) is 27.3. The van der Waals surface area contributed by atoms with Gasteiger partial charge in [0.25, 0.3) is 0 Å². The number of hydrogen-bond acceptors (Lipinski definition) is 7. The summed E-state index contributed by atoms with van der Waals surface area (Å²) in [7, 11) is 0. The number of hydrogen-bond donors (Lipinski definition) is 0. The van der Waals surface area contributed by atoms with E-state index < -0.39 is 43.0 Å². The van der Waals surface area contributed by atoms with Crippen molar-refractivity contribution in [3.63, 3.8) is 0 Å². The minimum Gasteiger partial charge on any atom is -0.450 e. The van der Waals surface area contributed by atoms with E-state index in [4.69, 9.17) is 28.4 Å². The van der Waals surface area contributed by atoms with E-state index in [1.54, 1.807) is 30.3 Å². The Hall–Kier alpha value is -3.85. The molecule has 6 rings (SSSR count). The highest BCUT2D eigenvalue weighted by atomic mass is 16.8. The molecule has 7 heteroatoms. The molecule has 6 atom stereocenters. The van der Waals surface area contributed by atoms with Gasteiger partial charge in [0.1, 0.15) is 18.3 Å². The van der Waals surface area contributed by atoms with Gasteiger partial charge in [-0.3, -0.25) is 0 Å². The molecule has 0 radical (unpaired) electrons. The van der Waals surface area contributed by atoms with Crippen LogP contribution in [0.4, 0.5) is 0 Å². The van der Waals surface area contributed by atoms with Gasteiger partial charge in [-0.1, -0.05) is 91.0 Å². The highest BCUT2D eigenvalue weighted by Gasteiger charge is 2.53. The summed E-state index contributed by atoms with van der Waals surface area (Å²) in [6.07, 6.45) is -2.63. The average molecular weight is 553 g/mol. The fourth-order valence-electron chi connectivity index (χ4n) is 5.23. The molecule has 7 nitrogen and oxygen atoms in total. The van der Waals surface area contributed by atoms with Crippen LogP contribution in [0.1, 0.15) is 27.8 Å². The van der Waals surface area contributed by atoms with E-state index in [9.17, 15) is 4.79 Å². The molecule has 2 fully saturated rings. The van der Waals surface area contributed by atoms with E-state index in [0.29, 0.717) is 5.56 Å². The van der Waals surface area contributed by atoms with Crippen molar-refractivity contribution in [2.75, 3.05) is 13.2 Å². The third kappa shape index (κ3) is 6.25. The zero-order valence-corrected chi connectivity index (χ0v) is 22.5. The van der Waals surface area contributed by atoms with Gasteiger partial charge in [0.15, 0.2) is 18.7 Å². The molecular weight excluding hydrogens is 520 g/mol. The molecule has 0 bridgehead atoms. The summed E-state index contributed by atoms with van der Waals surface area (Å²) in [6.45, 7) is 4.48. The Morgan fingerprint density at radius 1 is 0.829 bits per heavy atom. The lowest BCUT2D eigenvalue weighted by Gasteiger charge is -2.48. The predicted octanol–water partition coefficient (Wildman–Crippen LogP) is 5.99. The molecule has 0 aliphatic carbocycles. The largest absolute Gasteiger partial charge is 0.450 e. The molecule has 0 saturated carbocycles. The average Bonchev–Trinajstić information content (AvgIpc) is 3.03. The molecule has 41 heavy (non-hydrogen) atoms. The minimum absolute atomic E-state index is 0.202. The number of benzene rings is 4. The van der Waals surface area contributed by atoms with Gasteiger partial charge < -0.3 is 28.4 Å². The van der Waals surface area contributed by atoms with Crippen molar-refractivity contribution >= 4 is 16.7 Å². The predicted molar refractivity (Wildman–Crippen MR) is 153 cm³/mol. The minimum atomic E-state index is -0.918. The van der Waals surface area contributed by atoms with Crippen molar-refractivity contribution in [3.8, 4) is 0 Å². The van der Waals surface area contributed by atoms with Crippen LogP contribution in [-0.4, -0.2) is 49.9 Å². The Labute approximate surface area is 239 Å². The normalized spacial score (nSPS) is 25.8. The van der Waals surface area contributed by atoms with Crippen molar-refractivity contribution in [2.24, 2.45) is 0 Å². The summed E-state index contributed by atoms with van der Waals surface area (Å²) in [4.78, 5) is 13.3. The monoisotopic (exact) mass is 552 g/mol. The Morgan fingerprint density at radius 2 is 1.56 bits per heavy atom. The number of ether oxygens (including phenoxy) is 6. The van der Waals surface area contributed by atoms with E-state index in [2.05, 4.69) is 30.8 Å². The molecular formula is C34H32O7. The SMILES string of the molecule is C=CCO[C@@H]1OC2COC(c3ccccc3)O[C@@H]2C(OCc2ccc3ccccc3c2)C1OC(=O)c1ccccc1. The molecule has 4 unspecified atom stereocenters. The molecule has 0 N–H and O–H groups in total. The van der Waals surface area contributed by atoms with Crippen molar-refractivity contribution in [3.05, 3.63) is 132 Å². The Bertz CT molecular complexity index is 1460. The molecule has 0 amide bonds. The Balaban J connectivity index is 1.31. The molecule has 210 valence electrons. The summed E-state index contributed by atoms with van der Waals surface area (Å²) in [5.74, 6) is -0.504. The van der Waals surface area contributed by atoms with Crippen molar-refractivity contribution in [1.82, 2.24) is 0 Å². The first-order valence-corrected chi connectivity index (χ1v) is 13.7. The summed E-state index contributed by atoms with van der Waals surface area (Å²) >= 11 is 0. The maximum Gasteiger partial charge on any atom is 0.338 e. The van der Waals surface area contributed by atoms with Crippen molar-refractivity contribution in [2.45, 2.75) is 43.6 Å². The van der Waals surface area contributed by atoms with Crippen molar-refractivity contribution in [1.29, 1.82) is 0 Å². The Morgan fingerprint density at radius 3 is 2.34 bits per heavy atom. The zero-order chi connectivity index (χ0) is 28.0. The molecule has 0 aromatic heterocycles. The molecule has 2 heterocycles. The second kappa shape index (κ2) is 12.8. The van der Waals surface area contributed by atoms with Gasteiger partial charge in [0.05, 0.1) is 25.4 Å². The lowest BCUT2D eigenvalue weighted by Crippen LogP contribution is -2.64. The first-order valence-electron chi connectivity index (χ1n) is 13.7. The van der Waals surface area contributed by atoms with Gasteiger partial charge in [-0.2, -0.15) is 0 Å². The third-order valence-electron chi connectivity index (χ3n) is 7.24. The van der Waals surface area contributed by atoms with Gasteiger partial charge in [-0.05, 0) is 34.5 Å². The smallest absolute Gasteiger partial charge is 0.338 e. The van der Waals surface area contributed by atoms with E-state index in [1.165, 1.54) is 0 Å². The summed E-state index contributed by atoms with van der Waals surface area (Å²) in [5.41, 5.74) is 2.28. The molecule has 2 aliphatic heterocycles. The second-order valence-corrected chi connectivity index (χ2v) is 10.0. The summed E-state index contributed by atoms with van der Waals surface area (Å²) in [6, 6.07) is 32.9. The maximum absolute atomic E-state index is 13.3. The topological polar surface area (TPSA) is 72.5 Å². The summed E-state index contributed by atoms with van der Waals surface area (Å²) in [5, 5.41) is 2.26. The molecule has 4 aromatic carbocycles. The zero-order valence-electron chi connectivity index (χ0n) is 22.5. The van der Waals surface area contributed by atoms with Crippen LogP contribution in [0.15, 0.2) is 116 Å². The highest BCUT2D eigenvalue weighted by molar-refractivity contribution is 5.89. The van der Waals surface area contributed by atoms with Crippen molar-refractivity contribution < 1.29 is 33.2 Å². The molecule has 2 aliphatic rings. The van der Waals surface area contributed by atoms with E-state index in [0.717, 1.165) is 21.9 Å². The van der Waals surface area contributed by atoms with Crippen LogP contribution in [0.25, 0.3) is 10.8 Å². The highest BCUT2D eigenvalue weighted by Crippen LogP contribution is 2.37. The number of fused-ring (bicyclic) bond motifs is 2. The van der Waals surface area contributed by atoms with Gasteiger partial charge in [0.2, 0.25) is 0 Å². The fraction of sp³-hybridized carbons (Fsp3) is 0.265. The molecule has 0 spiro atoms. The molecule has 2 saturated heterocycles. The first-order chi connectivity index (χ1) is 20.2. The second-order valence-electron chi connectivity index (χ2n) is 10.0. The lowest BCUT2D eigenvalue weighted by atomic mass is 9.97. The van der Waals surface area contributed by atoms with Crippen LogP contribution in [0.5, 0.6) is 0 Å². The standard InChI is InChI=1S/C34H32O7/c1-2-19-36-34-31(40-32(35)25-12-5-3-6-13-25)30(37-21-23-17-18-24-11-9-10-16-27(24)20-23)29-28(39-34)22-38-33(41-29)26-14-7-4-8-15-26/h2-18,20,28-31,33-34H,1,19,21-22H2/t28?,29-,30?,31?,33?,34+/m0/s1. The summed E-state index contributed by atoms with van der Waals surface area (Å²) < 4.78 is 37.5. The fourth-order valence-corrected chi connectivity index (χ4v) is 5.23. The molecule has 4 aromatic rings. The number of rotatable bonds is 9. The van der Waals surface area contributed by atoms with Crippen LogP contribution in [-0.2, 0) is 35.0 Å². The lowest BCUT2D eigenvalue weighted by molar-refractivity contribution is -0.364. The number of carbonyl (C=O) groups excluding carboxylic acids is 1. The van der Waals surface area contributed by atoms with Crippen LogP contribution < -0.4 is 0 Å². The van der Waals surface area contributed by atoms with E-state index >= 15 is 0 Å². The van der Waals surface area contributed by atoms with Gasteiger partial charge in [-0.25, -0.2) is 4.79 Å². The van der Waals surface area contributed by atoms with Gasteiger partial charge >= 0.3 is 5.97 Å². The van der Waals surface area contributed by atoms with Crippen LogP contribution in [0, 0.1) is 0 Å². The van der Waals surface area contributed by atoms with Gasteiger partial charge in [-0.15, -0.1) is 6.58 Å². The van der Waals surface area contributed by atoms with Crippen LogP contribution in [0.2, 0.25) is 0 Å². The number of esters is 1. The van der Waals surface area contributed by atoms with E-state index in [1.807, 2.05) is 54.6 Å². The maximum atomic E-state index is 13.3. The third-order valence-corrected chi connectivity index (χ3v) is 7.24. The quantitative estimate of drug-likeness (QED) is 0.187. The van der Waals surface area contributed by atoms with Crippen LogP contribution in [0.3, 0.4) is 0 Å². The van der Waals surface area contributed by atoms with Gasteiger partial charge in [0, 0.05) is 5.56 Å². The Kier molecular flexibility index (Phi) is 8.51. The van der Waals surface area contributed by atoms with Crippen LogP contribution >= 0.6 is 0 Å².